The van der Waals surface area contributed by atoms with E-state index in [2.05, 4.69) is 19.2 Å². The van der Waals surface area contributed by atoms with E-state index < -0.39 is 0 Å². The molecule has 0 aliphatic carbocycles. The van der Waals surface area contributed by atoms with Crippen LogP contribution >= 0.6 is 0 Å². The Kier molecular flexibility index (Phi) is 6.92. The maximum Gasteiger partial charge on any atom is 0.321 e. The highest BCUT2D eigenvalue weighted by molar-refractivity contribution is 5.91. The summed E-state index contributed by atoms with van der Waals surface area (Å²) in [4.78, 5) is 14.0. The normalized spacial score (nSPS) is 10.1. The van der Waals surface area contributed by atoms with Crippen LogP contribution in [-0.4, -0.2) is 19.1 Å². The molecule has 1 rings (SSSR count). The number of urea groups is 1. The van der Waals surface area contributed by atoms with Gasteiger partial charge in [0.25, 0.3) is 0 Å². The molecule has 3 nitrogen and oxygen atoms in total. The van der Waals surface area contributed by atoms with E-state index >= 15 is 0 Å². The van der Waals surface area contributed by atoms with Crippen molar-refractivity contribution in [1.82, 2.24) is 5.32 Å². The number of nitrogens with one attached hydrogen (secondary N) is 1. The molecule has 3 heteroatoms. The third-order valence-electron chi connectivity index (χ3n) is 2.85. The predicted octanol–water partition coefficient (Wildman–Crippen LogP) is 3.80. The highest BCUT2D eigenvalue weighted by Gasteiger charge is 2.13. The fourth-order valence-electron chi connectivity index (χ4n) is 1.74. The molecule has 100 valence electrons. The fraction of sp³-hybridized carbons (Fsp3) is 0.533. The summed E-state index contributed by atoms with van der Waals surface area (Å²) in [6.07, 6.45) is 4.24. The summed E-state index contributed by atoms with van der Waals surface area (Å²) in [5, 5.41) is 2.98. The third-order valence-corrected chi connectivity index (χ3v) is 2.85. The average molecular weight is 248 g/mol. The van der Waals surface area contributed by atoms with Gasteiger partial charge in [-0.05, 0) is 25.0 Å². The molecule has 2 amide bonds. The minimum Gasteiger partial charge on any atom is -0.338 e. The van der Waals surface area contributed by atoms with Gasteiger partial charge in [0.05, 0.1) is 0 Å². The van der Waals surface area contributed by atoms with Crippen LogP contribution in [0.25, 0.3) is 0 Å². The minimum atomic E-state index is 0.0168. The van der Waals surface area contributed by atoms with Crippen molar-refractivity contribution in [2.75, 3.05) is 18.0 Å². The highest BCUT2D eigenvalue weighted by atomic mass is 16.2. The summed E-state index contributed by atoms with van der Waals surface area (Å²) < 4.78 is 0. The Morgan fingerprint density at radius 2 is 1.78 bits per heavy atom. The van der Waals surface area contributed by atoms with Crippen molar-refractivity contribution in [3.63, 3.8) is 0 Å². The maximum absolute atomic E-state index is 12.1. The molecule has 0 saturated heterocycles. The summed E-state index contributed by atoms with van der Waals surface area (Å²) in [5.41, 5.74) is 0.972. The molecule has 1 aromatic rings. The van der Waals surface area contributed by atoms with E-state index in [0.717, 1.165) is 44.5 Å². The van der Waals surface area contributed by atoms with E-state index in [4.69, 9.17) is 0 Å². The smallest absolute Gasteiger partial charge is 0.321 e. The number of nitrogens with zero attached hydrogens (tertiary/aromatic N) is 1. The number of rotatable bonds is 7. The molecule has 0 aliphatic rings. The van der Waals surface area contributed by atoms with Gasteiger partial charge in [0.2, 0.25) is 0 Å². The SMILES string of the molecule is CCCCNC(=O)N(CCCC)c1ccccc1. The second-order valence-corrected chi connectivity index (χ2v) is 4.43. The lowest BCUT2D eigenvalue weighted by molar-refractivity contribution is 0.246. The molecule has 0 fully saturated rings. The van der Waals surface area contributed by atoms with Crippen LogP contribution in [0, 0.1) is 0 Å². The first-order valence-corrected chi connectivity index (χ1v) is 6.90. The molecule has 0 heterocycles. The van der Waals surface area contributed by atoms with Crippen molar-refractivity contribution in [3.05, 3.63) is 30.3 Å². The van der Waals surface area contributed by atoms with Crippen LogP contribution in [0.5, 0.6) is 0 Å². The Labute approximate surface area is 110 Å². The van der Waals surface area contributed by atoms with Crippen molar-refractivity contribution < 1.29 is 4.79 Å². The largest absolute Gasteiger partial charge is 0.338 e. The van der Waals surface area contributed by atoms with Gasteiger partial charge in [-0.25, -0.2) is 4.79 Å². The monoisotopic (exact) mass is 248 g/mol. The van der Waals surface area contributed by atoms with E-state index in [1.807, 2.05) is 35.2 Å². The van der Waals surface area contributed by atoms with E-state index in [1.165, 1.54) is 0 Å². The molecule has 0 saturated carbocycles. The zero-order chi connectivity index (χ0) is 13.2. The van der Waals surface area contributed by atoms with E-state index in [-0.39, 0.29) is 6.03 Å². The number of hydrogen-bond acceptors (Lipinski definition) is 1. The second kappa shape index (κ2) is 8.56. The zero-order valence-electron chi connectivity index (χ0n) is 11.5. The Balaban J connectivity index is 2.63. The Morgan fingerprint density at radius 3 is 2.39 bits per heavy atom. The molecule has 0 atom stereocenters. The van der Waals surface area contributed by atoms with Crippen LogP contribution < -0.4 is 10.2 Å². The molecular weight excluding hydrogens is 224 g/mol. The lowest BCUT2D eigenvalue weighted by atomic mass is 10.2. The first-order chi connectivity index (χ1) is 8.79. The van der Waals surface area contributed by atoms with Gasteiger partial charge in [-0.3, -0.25) is 4.90 Å². The Hall–Kier alpha value is -1.51. The molecular formula is C15H24N2O. The number of anilines is 1. The number of unbranched alkanes of at least 4 members (excludes halogenated alkanes) is 2. The number of carbonyl (C=O) groups excluding carboxylic acids is 1. The second-order valence-electron chi connectivity index (χ2n) is 4.43. The molecule has 0 spiro atoms. The van der Waals surface area contributed by atoms with Crippen molar-refractivity contribution in [3.8, 4) is 0 Å². The summed E-state index contributed by atoms with van der Waals surface area (Å²) in [6.45, 7) is 5.79. The van der Waals surface area contributed by atoms with Gasteiger partial charge in [-0.1, -0.05) is 44.9 Å². The Morgan fingerprint density at radius 1 is 1.11 bits per heavy atom. The number of amides is 2. The molecule has 0 bridgehead atoms. The predicted molar refractivity (Wildman–Crippen MR) is 77.0 cm³/mol. The van der Waals surface area contributed by atoms with Crippen molar-refractivity contribution in [2.45, 2.75) is 39.5 Å². The first-order valence-electron chi connectivity index (χ1n) is 6.90. The van der Waals surface area contributed by atoms with Gasteiger partial charge < -0.3 is 5.32 Å². The molecule has 1 N–H and O–H groups in total. The molecule has 1 aromatic carbocycles. The third kappa shape index (κ3) is 4.78. The summed E-state index contributed by atoms with van der Waals surface area (Å²) in [7, 11) is 0. The zero-order valence-corrected chi connectivity index (χ0v) is 11.5. The van der Waals surface area contributed by atoms with Crippen LogP contribution in [0.15, 0.2) is 30.3 Å². The van der Waals surface area contributed by atoms with Crippen molar-refractivity contribution >= 4 is 11.7 Å². The topological polar surface area (TPSA) is 32.3 Å². The number of para-hydroxylation sites is 1. The summed E-state index contributed by atoms with van der Waals surface area (Å²) in [6, 6.07) is 9.88. The van der Waals surface area contributed by atoms with Crippen LogP contribution in [0.4, 0.5) is 10.5 Å². The average Bonchev–Trinajstić information content (AvgIpc) is 2.41. The maximum atomic E-state index is 12.1. The summed E-state index contributed by atoms with van der Waals surface area (Å²) in [5.74, 6) is 0. The minimum absolute atomic E-state index is 0.0168. The van der Waals surface area contributed by atoms with Crippen molar-refractivity contribution in [2.24, 2.45) is 0 Å². The molecule has 0 unspecified atom stereocenters. The molecule has 0 aliphatic heterocycles. The Bertz CT molecular complexity index is 338. The number of benzene rings is 1. The lowest BCUT2D eigenvalue weighted by Gasteiger charge is -2.23. The van der Waals surface area contributed by atoms with E-state index in [0.29, 0.717) is 0 Å². The summed E-state index contributed by atoms with van der Waals surface area (Å²) >= 11 is 0. The molecule has 0 aromatic heterocycles. The van der Waals surface area contributed by atoms with Gasteiger partial charge in [-0.2, -0.15) is 0 Å². The van der Waals surface area contributed by atoms with Crippen molar-refractivity contribution in [1.29, 1.82) is 0 Å². The molecule has 0 radical (unpaired) electrons. The standard InChI is InChI=1S/C15H24N2O/c1-3-5-12-16-15(18)17(13-6-4-2)14-10-8-7-9-11-14/h7-11H,3-6,12-13H2,1-2H3,(H,16,18). The van der Waals surface area contributed by atoms with Gasteiger partial charge in [0, 0.05) is 18.8 Å². The molecule has 18 heavy (non-hydrogen) atoms. The van der Waals surface area contributed by atoms with Crippen LogP contribution in [0.3, 0.4) is 0 Å². The fourth-order valence-corrected chi connectivity index (χ4v) is 1.74. The van der Waals surface area contributed by atoms with Crippen LogP contribution in [0.2, 0.25) is 0 Å². The number of hydrogen-bond donors (Lipinski definition) is 1. The van der Waals surface area contributed by atoms with Crippen LogP contribution in [0.1, 0.15) is 39.5 Å². The highest BCUT2D eigenvalue weighted by Crippen LogP contribution is 2.14. The van der Waals surface area contributed by atoms with E-state index in [9.17, 15) is 4.79 Å². The van der Waals surface area contributed by atoms with Gasteiger partial charge >= 0.3 is 6.03 Å². The van der Waals surface area contributed by atoms with Gasteiger partial charge in [0.1, 0.15) is 0 Å². The van der Waals surface area contributed by atoms with E-state index in [1.54, 1.807) is 0 Å². The quantitative estimate of drug-likeness (QED) is 0.731. The van der Waals surface area contributed by atoms with Crippen LogP contribution in [-0.2, 0) is 0 Å². The number of carbonyl (C=O) groups is 1. The van der Waals surface area contributed by atoms with Gasteiger partial charge in [0.15, 0.2) is 0 Å². The van der Waals surface area contributed by atoms with Gasteiger partial charge in [-0.15, -0.1) is 0 Å². The lowest BCUT2D eigenvalue weighted by Crippen LogP contribution is -2.41. The first kappa shape index (κ1) is 14.6.